The van der Waals surface area contributed by atoms with Gasteiger partial charge in [-0.25, -0.2) is 0 Å². The van der Waals surface area contributed by atoms with Crippen molar-refractivity contribution >= 4 is 0 Å². The molecule has 0 aromatic rings. The molecule has 2 atom stereocenters. The summed E-state index contributed by atoms with van der Waals surface area (Å²) in [4.78, 5) is 2.59. The number of nitrogens with two attached hydrogens (primary N) is 1. The Bertz CT molecular complexity index is 172. The first-order chi connectivity index (χ1) is 6.38. The minimum Gasteiger partial charge on any atom is -0.326 e. The van der Waals surface area contributed by atoms with Gasteiger partial charge in [0.2, 0.25) is 0 Å². The molecule has 0 spiro atoms. The Kier molecular flexibility index (Phi) is 3.96. The second kappa shape index (κ2) is 4.63. The molecule has 0 radical (unpaired) electrons. The van der Waals surface area contributed by atoms with Gasteiger partial charge >= 0.3 is 0 Å². The highest BCUT2D eigenvalue weighted by Gasteiger charge is 2.23. The number of nitrogens with zero attached hydrogens (tertiary/aromatic N) is 1. The van der Waals surface area contributed by atoms with Crippen LogP contribution in [0, 0.1) is 5.92 Å². The molecule has 0 aromatic heterocycles. The fourth-order valence-corrected chi connectivity index (χ4v) is 2.22. The molecule has 0 bridgehead atoms. The highest BCUT2D eigenvalue weighted by Crippen LogP contribution is 2.22. The highest BCUT2D eigenvalue weighted by atomic mass is 15.2. The van der Waals surface area contributed by atoms with Gasteiger partial charge in [-0.3, -0.25) is 0 Å². The molecule has 1 fully saturated rings. The largest absolute Gasteiger partial charge is 0.326 e. The van der Waals surface area contributed by atoms with Crippen LogP contribution < -0.4 is 5.73 Å². The molecule has 2 nitrogen and oxygen atoms in total. The molecule has 1 aliphatic heterocycles. The zero-order valence-corrected chi connectivity index (χ0v) is 10.2. The molecule has 0 aliphatic carbocycles. The van der Waals surface area contributed by atoms with E-state index in [2.05, 4.69) is 32.6 Å². The molecule has 2 heteroatoms. The molecule has 2 unspecified atom stereocenters. The second-order valence-corrected chi connectivity index (χ2v) is 5.75. The smallest absolute Gasteiger partial charge is 0.0109 e. The molecule has 2 N–H and O–H groups in total. The van der Waals surface area contributed by atoms with Crippen molar-refractivity contribution in [1.82, 2.24) is 4.90 Å². The van der Waals surface area contributed by atoms with Gasteiger partial charge in [-0.05, 0) is 52.5 Å². The van der Waals surface area contributed by atoms with Crippen LogP contribution >= 0.6 is 0 Å². The molecule has 84 valence electrons. The first-order valence-corrected chi connectivity index (χ1v) is 5.91. The fraction of sp³-hybridized carbons (Fsp3) is 1.00. The van der Waals surface area contributed by atoms with Crippen LogP contribution in [0.25, 0.3) is 0 Å². The summed E-state index contributed by atoms with van der Waals surface area (Å²) in [5.74, 6) is 0.909. The molecule has 14 heavy (non-hydrogen) atoms. The molecule has 0 aromatic carbocycles. The lowest BCUT2D eigenvalue weighted by molar-refractivity contribution is 0.121. The van der Waals surface area contributed by atoms with Crippen LogP contribution in [0.3, 0.4) is 0 Å². The Morgan fingerprint density at radius 3 is 2.50 bits per heavy atom. The van der Waals surface area contributed by atoms with Crippen molar-refractivity contribution in [3.05, 3.63) is 0 Å². The van der Waals surface area contributed by atoms with Crippen molar-refractivity contribution < 1.29 is 0 Å². The quantitative estimate of drug-likeness (QED) is 0.753. The van der Waals surface area contributed by atoms with Gasteiger partial charge in [0.05, 0.1) is 0 Å². The van der Waals surface area contributed by atoms with Crippen molar-refractivity contribution in [2.75, 3.05) is 13.1 Å². The predicted molar refractivity (Wildman–Crippen MR) is 62.3 cm³/mol. The van der Waals surface area contributed by atoms with E-state index in [0.717, 1.165) is 24.9 Å². The Hall–Kier alpha value is -0.0800. The van der Waals surface area contributed by atoms with Crippen LogP contribution in [0.1, 0.15) is 47.0 Å². The van der Waals surface area contributed by atoms with E-state index in [4.69, 9.17) is 5.73 Å². The molecular weight excluding hydrogens is 172 g/mol. The van der Waals surface area contributed by atoms with E-state index >= 15 is 0 Å². The topological polar surface area (TPSA) is 29.3 Å². The highest BCUT2D eigenvalue weighted by molar-refractivity contribution is 4.80. The third kappa shape index (κ3) is 3.97. The van der Waals surface area contributed by atoms with E-state index in [1.54, 1.807) is 0 Å². The summed E-state index contributed by atoms with van der Waals surface area (Å²) in [6, 6.07) is 0.751. The minimum atomic E-state index is -0.0111. The Morgan fingerprint density at radius 2 is 2.00 bits per heavy atom. The molecule has 0 saturated carbocycles. The van der Waals surface area contributed by atoms with Crippen LogP contribution in [0.15, 0.2) is 0 Å². The average molecular weight is 198 g/mol. The minimum absolute atomic E-state index is 0.0111. The molecule has 1 rings (SSSR count). The lowest BCUT2D eigenvalue weighted by Crippen LogP contribution is -2.44. The predicted octanol–water partition coefficient (Wildman–Crippen LogP) is 2.23. The number of likely N-dealkylation sites (tertiary alicyclic amines) is 1. The molecule has 0 amide bonds. The zero-order valence-electron chi connectivity index (χ0n) is 10.2. The number of hydrogen-bond donors (Lipinski definition) is 1. The summed E-state index contributed by atoms with van der Waals surface area (Å²) in [6.07, 6.45) is 3.81. The van der Waals surface area contributed by atoms with Gasteiger partial charge in [0, 0.05) is 18.1 Å². The van der Waals surface area contributed by atoms with Crippen LogP contribution in [-0.4, -0.2) is 29.6 Å². The maximum Gasteiger partial charge on any atom is 0.0109 e. The van der Waals surface area contributed by atoms with Gasteiger partial charge in [0.15, 0.2) is 0 Å². The van der Waals surface area contributed by atoms with E-state index in [9.17, 15) is 0 Å². The van der Waals surface area contributed by atoms with Gasteiger partial charge in [0.1, 0.15) is 0 Å². The van der Waals surface area contributed by atoms with Crippen LogP contribution in [-0.2, 0) is 0 Å². The summed E-state index contributed by atoms with van der Waals surface area (Å²) in [7, 11) is 0. The molecule has 1 saturated heterocycles. The SMILES string of the molecule is CC1CCN(CCC(C)(C)N)C(C)C1. The Labute approximate surface area is 88.8 Å². The van der Waals surface area contributed by atoms with Gasteiger partial charge in [0.25, 0.3) is 0 Å². The third-order valence-electron chi connectivity index (χ3n) is 3.32. The molecule has 1 aliphatic rings. The van der Waals surface area contributed by atoms with E-state index in [1.165, 1.54) is 19.4 Å². The van der Waals surface area contributed by atoms with Crippen LogP contribution in [0.5, 0.6) is 0 Å². The second-order valence-electron chi connectivity index (χ2n) is 5.75. The van der Waals surface area contributed by atoms with Crippen molar-refractivity contribution in [2.24, 2.45) is 11.7 Å². The first kappa shape index (κ1) is 12.0. The summed E-state index contributed by atoms with van der Waals surface area (Å²) in [6.45, 7) is 11.4. The average Bonchev–Trinajstić information content (AvgIpc) is 2.00. The van der Waals surface area contributed by atoms with Crippen molar-refractivity contribution in [2.45, 2.75) is 58.5 Å². The van der Waals surface area contributed by atoms with E-state index in [1.807, 2.05) is 0 Å². The molecular formula is C12H26N2. The van der Waals surface area contributed by atoms with Crippen LogP contribution in [0.4, 0.5) is 0 Å². The number of rotatable bonds is 3. The standard InChI is InChI=1S/C12H26N2/c1-10-5-7-14(11(2)9-10)8-6-12(3,4)13/h10-11H,5-9,13H2,1-4H3. The summed E-state index contributed by atoms with van der Waals surface area (Å²) >= 11 is 0. The summed E-state index contributed by atoms with van der Waals surface area (Å²) < 4.78 is 0. The van der Waals surface area contributed by atoms with Crippen molar-refractivity contribution in [1.29, 1.82) is 0 Å². The lowest BCUT2D eigenvalue weighted by Gasteiger charge is -2.37. The Balaban J connectivity index is 2.31. The van der Waals surface area contributed by atoms with Crippen LogP contribution in [0.2, 0.25) is 0 Å². The zero-order chi connectivity index (χ0) is 10.8. The Morgan fingerprint density at radius 1 is 1.36 bits per heavy atom. The van der Waals surface area contributed by atoms with Gasteiger partial charge in [-0.1, -0.05) is 6.92 Å². The summed E-state index contributed by atoms with van der Waals surface area (Å²) in [5, 5.41) is 0. The number of hydrogen-bond acceptors (Lipinski definition) is 2. The fourth-order valence-electron chi connectivity index (χ4n) is 2.22. The van der Waals surface area contributed by atoms with E-state index in [0.29, 0.717) is 0 Å². The first-order valence-electron chi connectivity index (χ1n) is 5.91. The van der Waals surface area contributed by atoms with Gasteiger partial charge in [-0.15, -0.1) is 0 Å². The summed E-state index contributed by atoms with van der Waals surface area (Å²) in [5.41, 5.74) is 5.99. The van der Waals surface area contributed by atoms with Gasteiger partial charge < -0.3 is 10.6 Å². The maximum absolute atomic E-state index is 6.00. The van der Waals surface area contributed by atoms with E-state index in [-0.39, 0.29) is 5.54 Å². The van der Waals surface area contributed by atoms with Crippen molar-refractivity contribution in [3.63, 3.8) is 0 Å². The van der Waals surface area contributed by atoms with E-state index < -0.39 is 0 Å². The molecule has 1 heterocycles. The third-order valence-corrected chi connectivity index (χ3v) is 3.32. The monoisotopic (exact) mass is 198 g/mol. The lowest BCUT2D eigenvalue weighted by atomic mass is 9.92. The van der Waals surface area contributed by atoms with Crippen molar-refractivity contribution in [3.8, 4) is 0 Å². The maximum atomic E-state index is 6.00. The normalized spacial score (nSPS) is 30.6. The van der Waals surface area contributed by atoms with Gasteiger partial charge in [-0.2, -0.15) is 0 Å². The number of piperidine rings is 1.